The van der Waals surface area contributed by atoms with E-state index in [9.17, 15) is 4.79 Å². The highest BCUT2D eigenvalue weighted by molar-refractivity contribution is 6.66. The van der Waals surface area contributed by atoms with Crippen LogP contribution < -0.4 is 0 Å². The molecule has 0 atom stereocenters. The fourth-order valence-corrected chi connectivity index (χ4v) is 0.853. The van der Waals surface area contributed by atoms with Crippen molar-refractivity contribution < 1.29 is 9.90 Å². The third kappa shape index (κ3) is 2.76. The van der Waals surface area contributed by atoms with Crippen molar-refractivity contribution in [1.29, 1.82) is 0 Å². The average Bonchev–Trinajstić information content (AvgIpc) is 2.01. The van der Waals surface area contributed by atoms with Crippen LogP contribution in [0.5, 0.6) is 5.75 Å². The van der Waals surface area contributed by atoms with Crippen LogP contribution in [0, 0.1) is 0 Å². The zero-order valence-electron chi connectivity index (χ0n) is 6.20. The van der Waals surface area contributed by atoms with Crippen molar-refractivity contribution in [3.63, 3.8) is 0 Å². The zero-order chi connectivity index (χ0) is 8.97. The monoisotopic (exact) mass is 182 g/mol. The highest BCUT2D eigenvalue weighted by Gasteiger charge is 1.90. The quantitative estimate of drug-likeness (QED) is 0.562. The van der Waals surface area contributed by atoms with Crippen LogP contribution in [0.2, 0.25) is 0 Å². The first-order chi connectivity index (χ1) is 5.68. The summed E-state index contributed by atoms with van der Waals surface area (Å²) in [6, 6.07) is 6.54. The van der Waals surface area contributed by atoms with Crippen molar-refractivity contribution in [2.24, 2.45) is 0 Å². The van der Waals surface area contributed by atoms with Crippen molar-refractivity contribution in [1.82, 2.24) is 0 Å². The maximum absolute atomic E-state index is 10.3. The molecule has 0 aliphatic rings. The van der Waals surface area contributed by atoms with E-state index in [1.165, 1.54) is 18.2 Å². The highest BCUT2D eigenvalue weighted by Crippen LogP contribution is 2.11. The third-order valence-corrected chi connectivity index (χ3v) is 1.40. The molecule has 1 aromatic rings. The van der Waals surface area contributed by atoms with Crippen molar-refractivity contribution in [3.8, 4) is 5.75 Å². The van der Waals surface area contributed by atoms with Crippen LogP contribution in [0.3, 0.4) is 0 Å². The van der Waals surface area contributed by atoms with Gasteiger partial charge in [-0.25, -0.2) is 0 Å². The Labute approximate surface area is 75.1 Å². The first kappa shape index (κ1) is 8.81. The largest absolute Gasteiger partial charge is 0.508 e. The molecule has 1 rings (SSSR count). The Bertz CT molecular complexity index is 318. The van der Waals surface area contributed by atoms with Gasteiger partial charge in [0.15, 0.2) is 0 Å². The SMILES string of the molecule is O=C(Cl)C=Cc1cccc(O)c1. The second-order valence-corrected chi connectivity index (χ2v) is 2.60. The van der Waals surface area contributed by atoms with Gasteiger partial charge in [0.05, 0.1) is 0 Å². The van der Waals surface area contributed by atoms with Gasteiger partial charge in [0.1, 0.15) is 5.75 Å². The van der Waals surface area contributed by atoms with Crippen LogP contribution in [-0.2, 0) is 4.79 Å². The van der Waals surface area contributed by atoms with E-state index >= 15 is 0 Å². The molecule has 1 N–H and O–H groups in total. The summed E-state index contributed by atoms with van der Waals surface area (Å²) < 4.78 is 0. The van der Waals surface area contributed by atoms with E-state index < -0.39 is 5.24 Å². The fraction of sp³-hybridized carbons (Fsp3) is 0. The molecule has 0 fully saturated rings. The molecule has 0 bridgehead atoms. The van der Waals surface area contributed by atoms with Gasteiger partial charge in [0.25, 0.3) is 0 Å². The van der Waals surface area contributed by atoms with Crippen LogP contribution in [0.1, 0.15) is 5.56 Å². The van der Waals surface area contributed by atoms with E-state index in [4.69, 9.17) is 16.7 Å². The number of rotatable bonds is 2. The van der Waals surface area contributed by atoms with Crippen molar-refractivity contribution in [2.45, 2.75) is 0 Å². The standard InChI is InChI=1S/C9H7ClO2/c10-9(12)5-4-7-2-1-3-8(11)6-7/h1-6,11H. The first-order valence-electron chi connectivity index (χ1n) is 3.35. The molecule has 0 radical (unpaired) electrons. The molecule has 62 valence electrons. The number of carbonyl (C=O) groups excluding carboxylic acids is 1. The minimum absolute atomic E-state index is 0.166. The maximum Gasteiger partial charge on any atom is 0.245 e. The van der Waals surface area contributed by atoms with Gasteiger partial charge in [0.2, 0.25) is 5.24 Å². The Morgan fingerprint density at radius 1 is 1.50 bits per heavy atom. The van der Waals surface area contributed by atoms with Crippen LogP contribution in [0.25, 0.3) is 6.08 Å². The van der Waals surface area contributed by atoms with Gasteiger partial charge in [-0.15, -0.1) is 0 Å². The third-order valence-electron chi connectivity index (χ3n) is 1.28. The number of allylic oxidation sites excluding steroid dienone is 1. The molecule has 0 unspecified atom stereocenters. The van der Waals surface area contributed by atoms with Gasteiger partial charge in [-0.05, 0) is 35.4 Å². The van der Waals surface area contributed by atoms with Crippen LogP contribution in [-0.4, -0.2) is 10.3 Å². The van der Waals surface area contributed by atoms with Gasteiger partial charge in [-0.3, -0.25) is 4.79 Å². The predicted molar refractivity (Wildman–Crippen MR) is 48.0 cm³/mol. The zero-order valence-corrected chi connectivity index (χ0v) is 6.95. The van der Waals surface area contributed by atoms with Crippen LogP contribution >= 0.6 is 11.6 Å². The number of carbonyl (C=O) groups is 1. The Kier molecular flexibility index (Phi) is 2.88. The number of hydrogen-bond donors (Lipinski definition) is 1. The summed E-state index contributed by atoms with van der Waals surface area (Å²) in [7, 11) is 0. The van der Waals surface area contributed by atoms with E-state index in [0.717, 1.165) is 5.56 Å². The minimum atomic E-state index is -0.529. The van der Waals surface area contributed by atoms with Crippen LogP contribution in [0.15, 0.2) is 30.3 Å². The topological polar surface area (TPSA) is 37.3 Å². The molecule has 0 saturated heterocycles. The smallest absolute Gasteiger partial charge is 0.245 e. The molecule has 0 saturated carbocycles. The Balaban J connectivity index is 2.83. The number of benzene rings is 1. The second kappa shape index (κ2) is 3.93. The average molecular weight is 183 g/mol. The summed E-state index contributed by atoms with van der Waals surface area (Å²) in [5.41, 5.74) is 0.740. The number of aromatic hydroxyl groups is 1. The van der Waals surface area contributed by atoms with Gasteiger partial charge in [-0.2, -0.15) is 0 Å². The molecule has 0 aliphatic heterocycles. The minimum Gasteiger partial charge on any atom is -0.508 e. The number of phenolic OH excluding ortho intramolecular Hbond substituents is 1. The molecule has 1 aromatic carbocycles. The van der Waals surface area contributed by atoms with Gasteiger partial charge >= 0.3 is 0 Å². The van der Waals surface area contributed by atoms with Crippen molar-refractivity contribution in [2.75, 3.05) is 0 Å². The molecular weight excluding hydrogens is 176 g/mol. The molecule has 2 nitrogen and oxygen atoms in total. The van der Waals surface area contributed by atoms with Gasteiger partial charge in [0, 0.05) is 0 Å². The van der Waals surface area contributed by atoms with E-state index in [-0.39, 0.29) is 5.75 Å². The molecule has 0 heterocycles. The lowest BCUT2D eigenvalue weighted by Crippen LogP contribution is -1.76. The summed E-state index contributed by atoms with van der Waals surface area (Å²) in [4.78, 5) is 10.3. The summed E-state index contributed by atoms with van der Waals surface area (Å²) in [5, 5.41) is 8.50. The Hall–Kier alpha value is -1.28. The lowest BCUT2D eigenvalue weighted by atomic mass is 10.2. The molecule has 0 spiro atoms. The van der Waals surface area contributed by atoms with Gasteiger partial charge in [-0.1, -0.05) is 18.2 Å². The molecule has 0 amide bonds. The van der Waals surface area contributed by atoms with Gasteiger partial charge < -0.3 is 5.11 Å². The summed E-state index contributed by atoms with van der Waals surface area (Å²) in [6.45, 7) is 0. The Morgan fingerprint density at radius 2 is 2.25 bits per heavy atom. The summed E-state index contributed by atoms with van der Waals surface area (Å²) >= 11 is 5.08. The number of halogens is 1. The fourth-order valence-electron chi connectivity index (χ4n) is 0.790. The number of hydrogen-bond acceptors (Lipinski definition) is 2. The molecule has 3 heteroatoms. The molecule has 0 aliphatic carbocycles. The summed E-state index contributed by atoms with van der Waals surface area (Å²) in [6.07, 6.45) is 2.77. The maximum atomic E-state index is 10.3. The van der Waals surface area contributed by atoms with E-state index in [0.29, 0.717) is 0 Å². The lowest BCUT2D eigenvalue weighted by molar-refractivity contribution is -0.107. The predicted octanol–water partition coefficient (Wildman–Crippen LogP) is 2.17. The van der Waals surface area contributed by atoms with E-state index in [1.807, 2.05) is 0 Å². The Morgan fingerprint density at radius 3 is 2.83 bits per heavy atom. The number of phenols is 1. The highest BCUT2D eigenvalue weighted by atomic mass is 35.5. The van der Waals surface area contributed by atoms with E-state index in [2.05, 4.69) is 0 Å². The van der Waals surface area contributed by atoms with E-state index in [1.54, 1.807) is 18.2 Å². The first-order valence-corrected chi connectivity index (χ1v) is 3.73. The second-order valence-electron chi connectivity index (χ2n) is 2.23. The normalized spacial score (nSPS) is 10.4. The molecule has 12 heavy (non-hydrogen) atoms. The molecular formula is C9H7ClO2. The van der Waals surface area contributed by atoms with Crippen molar-refractivity contribution >= 4 is 22.9 Å². The van der Waals surface area contributed by atoms with Crippen molar-refractivity contribution in [3.05, 3.63) is 35.9 Å². The lowest BCUT2D eigenvalue weighted by Gasteiger charge is -1.92. The summed E-state index contributed by atoms with van der Waals surface area (Å²) in [5.74, 6) is 0.166. The van der Waals surface area contributed by atoms with Crippen LogP contribution in [0.4, 0.5) is 0 Å². The molecule has 0 aromatic heterocycles.